The van der Waals surface area contributed by atoms with Gasteiger partial charge in [-0.1, -0.05) is 24.3 Å². The van der Waals surface area contributed by atoms with E-state index in [9.17, 15) is 4.79 Å². The van der Waals surface area contributed by atoms with Crippen LogP contribution in [0.2, 0.25) is 0 Å². The third-order valence-electron chi connectivity index (χ3n) is 2.73. The molecule has 4 heteroatoms. The van der Waals surface area contributed by atoms with Gasteiger partial charge in [0, 0.05) is 11.6 Å². The average Bonchev–Trinajstić information content (AvgIpc) is 2.48. The molecule has 0 radical (unpaired) electrons. The Morgan fingerprint density at radius 1 is 1.15 bits per heavy atom. The van der Waals surface area contributed by atoms with E-state index < -0.39 is 0 Å². The highest BCUT2D eigenvalue weighted by atomic mass is 16.5. The van der Waals surface area contributed by atoms with Crippen molar-refractivity contribution >= 4 is 5.91 Å². The van der Waals surface area contributed by atoms with Crippen LogP contribution in [-0.2, 0) is 0 Å². The van der Waals surface area contributed by atoms with Gasteiger partial charge in [0.15, 0.2) is 0 Å². The second-order valence-corrected chi connectivity index (χ2v) is 4.50. The highest BCUT2D eigenvalue weighted by Crippen LogP contribution is 2.21. The van der Waals surface area contributed by atoms with Crippen LogP contribution in [0.3, 0.4) is 0 Å². The molecule has 2 rings (SSSR count). The zero-order valence-corrected chi connectivity index (χ0v) is 11.2. The van der Waals surface area contributed by atoms with Crippen LogP contribution < -0.4 is 10.1 Å². The number of hydrogen-bond donors (Lipinski definition) is 2. The number of hydrogen-bond acceptors (Lipinski definition) is 3. The monoisotopic (exact) mass is 271 g/mol. The third kappa shape index (κ3) is 3.83. The summed E-state index contributed by atoms with van der Waals surface area (Å²) < 4.78 is 5.67. The molecule has 2 N–H and O–H groups in total. The van der Waals surface area contributed by atoms with Crippen molar-refractivity contribution in [2.75, 3.05) is 6.61 Å². The maximum Gasteiger partial charge on any atom is 0.251 e. The van der Waals surface area contributed by atoms with Gasteiger partial charge in [0.2, 0.25) is 0 Å². The first-order valence-electron chi connectivity index (χ1n) is 6.43. The van der Waals surface area contributed by atoms with Crippen molar-refractivity contribution in [2.45, 2.75) is 13.0 Å². The van der Waals surface area contributed by atoms with E-state index >= 15 is 0 Å². The molecular weight excluding hydrogens is 254 g/mol. The van der Waals surface area contributed by atoms with Crippen molar-refractivity contribution in [3.05, 3.63) is 60.2 Å². The zero-order valence-electron chi connectivity index (χ0n) is 11.2. The molecule has 0 aliphatic heterocycles. The lowest BCUT2D eigenvalue weighted by Crippen LogP contribution is -2.34. The number of ether oxygens (including phenoxy) is 1. The van der Waals surface area contributed by atoms with E-state index in [1.165, 1.54) is 0 Å². The summed E-state index contributed by atoms with van der Waals surface area (Å²) in [4.78, 5) is 11.9. The van der Waals surface area contributed by atoms with Crippen LogP contribution in [0.4, 0.5) is 0 Å². The first-order chi connectivity index (χ1) is 9.69. The van der Waals surface area contributed by atoms with E-state index in [2.05, 4.69) is 5.32 Å². The molecule has 4 nitrogen and oxygen atoms in total. The maximum atomic E-state index is 11.9. The predicted molar refractivity (Wildman–Crippen MR) is 77.0 cm³/mol. The van der Waals surface area contributed by atoms with Gasteiger partial charge in [0.25, 0.3) is 5.91 Å². The Bertz CT molecular complexity index is 569. The van der Waals surface area contributed by atoms with Gasteiger partial charge in [-0.2, -0.15) is 0 Å². The summed E-state index contributed by atoms with van der Waals surface area (Å²) in [6.07, 6.45) is 0. The number of carbonyl (C=O) groups excluding carboxylic acids is 1. The smallest absolute Gasteiger partial charge is 0.251 e. The number of aliphatic hydroxyl groups excluding tert-OH is 1. The molecule has 0 saturated heterocycles. The highest BCUT2D eigenvalue weighted by molar-refractivity contribution is 5.94. The summed E-state index contributed by atoms with van der Waals surface area (Å²) in [5.74, 6) is 1.08. The van der Waals surface area contributed by atoms with E-state index in [0.717, 1.165) is 0 Å². The van der Waals surface area contributed by atoms with Crippen molar-refractivity contribution in [1.29, 1.82) is 0 Å². The van der Waals surface area contributed by atoms with E-state index in [0.29, 0.717) is 17.1 Å². The summed E-state index contributed by atoms with van der Waals surface area (Å²) in [6, 6.07) is 16.0. The predicted octanol–water partition coefficient (Wildman–Crippen LogP) is 2.59. The molecule has 0 spiro atoms. The lowest BCUT2D eigenvalue weighted by Gasteiger charge is -2.11. The molecule has 1 unspecified atom stereocenters. The second kappa shape index (κ2) is 6.73. The van der Waals surface area contributed by atoms with Crippen LogP contribution in [0, 0.1) is 0 Å². The van der Waals surface area contributed by atoms with Gasteiger partial charge in [-0.3, -0.25) is 4.79 Å². The number of amides is 1. The molecule has 0 aliphatic rings. The molecular formula is C16H17NO3. The van der Waals surface area contributed by atoms with Gasteiger partial charge in [-0.05, 0) is 37.3 Å². The fourth-order valence-corrected chi connectivity index (χ4v) is 1.68. The Kier molecular flexibility index (Phi) is 4.74. The molecule has 0 heterocycles. The van der Waals surface area contributed by atoms with Crippen LogP contribution in [0.1, 0.15) is 17.3 Å². The van der Waals surface area contributed by atoms with Gasteiger partial charge in [-0.25, -0.2) is 0 Å². The van der Waals surface area contributed by atoms with Crippen molar-refractivity contribution in [2.24, 2.45) is 0 Å². The number of benzene rings is 2. The average molecular weight is 271 g/mol. The van der Waals surface area contributed by atoms with Gasteiger partial charge in [0.05, 0.1) is 6.61 Å². The van der Waals surface area contributed by atoms with Crippen molar-refractivity contribution in [3.8, 4) is 11.5 Å². The Labute approximate surface area is 118 Å². The minimum Gasteiger partial charge on any atom is -0.457 e. The Hall–Kier alpha value is -2.33. The van der Waals surface area contributed by atoms with Crippen LogP contribution in [0.25, 0.3) is 0 Å². The lowest BCUT2D eigenvalue weighted by molar-refractivity contribution is 0.0922. The van der Waals surface area contributed by atoms with Crippen LogP contribution in [-0.4, -0.2) is 23.7 Å². The van der Waals surface area contributed by atoms with Crippen LogP contribution in [0.15, 0.2) is 54.6 Å². The maximum absolute atomic E-state index is 11.9. The quantitative estimate of drug-likeness (QED) is 0.878. The molecule has 2 aromatic carbocycles. The normalized spacial score (nSPS) is 11.7. The molecule has 0 aromatic heterocycles. The third-order valence-corrected chi connectivity index (χ3v) is 2.73. The van der Waals surface area contributed by atoms with E-state index in [1.807, 2.05) is 30.3 Å². The molecule has 0 bridgehead atoms. The van der Waals surface area contributed by atoms with E-state index in [4.69, 9.17) is 9.84 Å². The minimum absolute atomic E-state index is 0.0913. The molecule has 1 atom stereocenters. The fraction of sp³-hybridized carbons (Fsp3) is 0.188. The number of aliphatic hydroxyl groups is 1. The highest BCUT2D eigenvalue weighted by Gasteiger charge is 2.09. The molecule has 20 heavy (non-hydrogen) atoms. The Morgan fingerprint density at radius 2 is 1.85 bits per heavy atom. The number of nitrogens with one attached hydrogen (secondary N) is 1. The van der Waals surface area contributed by atoms with Crippen LogP contribution >= 0.6 is 0 Å². The van der Waals surface area contributed by atoms with Crippen molar-refractivity contribution in [3.63, 3.8) is 0 Å². The van der Waals surface area contributed by atoms with Gasteiger partial charge >= 0.3 is 0 Å². The largest absolute Gasteiger partial charge is 0.457 e. The summed E-state index contributed by atoms with van der Waals surface area (Å²) in [6.45, 7) is 1.65. The van der Waals surface area contributed by atoms with Crippen molar-refractivity contribution < 1.29 is 14.6 Å². The molecule has 0 fully saturated rings. The molecule has 0 aliphatic carbocycles. The standard InChI is InChI=1S/C16H17NO3/c1-12(11-18)17-16(19)13-6-5-9-15(10-13)20-14-7-3-2-4-8-14/h2-10,12,18H,11H2,1H3,(H,17,19). The lowest BCUT2D eigenvalue weighted by atomic mass is 10.2. The molecule has 0 saturated carbocycles. The van der Waals surface area contributed by atoms with E-state index in [1.54, 1.807) is 31.2 Å². The van der Waals surface area contributed by atoms with E-state index in [-0.39, 0.29) is 18.6 Å². The number of para-hydroxylation sites is 1. The fourth-order valence-electron chi connectivity index (χ4n) is 1.68. The second-order valence-electron chi connectivity index (χ2n) is 4.50. The summed E-state index contributed by atoms with van der Waals surface area (Å²) >= 11 is 0. The van der Waals surface area contributed by atoms with Gasteiger partial charge < -0.3 is 15.2 Å². The molecule has 1 amide bonds. The number of carbonyl (C=O) groups is 1. The van der Waals surface area contributed by atoms with Gasteiger partial charge in [-0.15, -0.1) is 0 Å². The number of rotatable bonds is 5. The molecule has 104 valence electrons. The minimum atomic E-state index is -0.277. The summed E-state index contributed by atoms with van der Waals surface area (Å²) in [5, 5.41) is 11.6. The van der Waals surface area contributed by atoms with Gasteiger partial charge in [0.1, 0.15) is 11.5 Å². The Balaban J connectivity index is 2.10. The molecule has 2 aromatic rings. The Morgan fingerprint density at radius 3 is 2.55 bits per heavy atom. The SMILES string of the molecule is CC(CO)NC(=O)c1cccc(Oc2ccccc2)c1. The zero-order chi connectivity index (χ0) is 14.4. The first kappa shape index (κ1) is 14.1. The topological polar surface area (TPSA) is 58.6 Å². The summed E-state index contributed by atoms with van der Waals surface area (Å²) in [5.41, 5.74) is 0.499. The van der Waals surface area contributed by atoms with Crippen molar-refractivity contribution in [1.82, 2.24) is 5.32 Å². The van der Waals surface area contributed by atoms with Crippen LogP contribution in [0.5, 0.6) is 11.5 Å². The first-order valence-corrected chi connectivity index (χ1v) is 6.43. The summed E-state index contributed by atoms with van der Waals surface area (Å²) in [7, 11) is 0.